The van der Waals surface area contributed by atoms with E-state index in [0.29, 0.717) is 19.6 Å². The highest BCUT2D eigenvalue weighted by atomic mass is 35.5. The van der Waals surface area contributed by atoms with Gasteiger partial charge in [0.2, 0.25) is 0 Å². The molecule has 2 heterocycles. The van der Waals surface area contributed by atoms with E-state index in [1.54, 1.807) is 11.2 Å². The van der Waals surface area contributed by atoms with Gasteiger partial charge in [0, 0.05) is 26.2 Å². The number of hydrogen-bond donors (Lipinski definition) is 2. The molecule has 1 atom stereocenters. The fraction of sp³-hybridized carbons (Fsp3) is 1.00. The minimum absolute atomic E-state index is 0. The summed E-state index contributed by atoms with van der Waals surface area (Å²) in [7, 11) is -3.22. The summed E-state index contributed by atoms with van der Waals surface area (Å²) >= 11 is 0. The van der Waals surface area contributed by atoms with E-state index in [-0.39, 0.29) is 17.8 Å². The Balaban J connectivity index is 0.00000128. The summed E-state index contributed by atoms with van der Waals surface area (Å²) in [6.45, 7) is 5.59. The first kappa shape index (κ1) is 14.2. The summed E-state index contributed by atoms with van der Waals surface area (Å²) in [6, 6.07) is 0. The van der Waals surface area contributed by atoms with Crippen LogP contribution in [0.2, 0.25) is 0 Å². The predicted molar refractivity (Wildman–Crippen MR) is 66.0 cm³/mol. The van der Waals surface area contributed by atoms with Crippen LogP contribution in [0, 0.1) is 5.41 Å². The molecule has 7 heteroatoms. The molecule has 0 aromatic heterocycles. The van der Waals surface area contributed by atoms with Gasteiger partial charge in [-0.2, -0.15) is 12.7 Å². The standard InChI is InChI=1S/C9H19N3O2S.ClH/c1-2-11-15(13,14)12-6-4-9(8-12)3-5-10-7-9;/h10-11H,2-8H2,1H3;1H. The molecule has 2 N–H and O–H groups in total. The Labute approximate surface area is 104 Å². The average Bonchev–Trinajstić information content (AvgIpc) is 2.77. The van der Waals surface area contributed by atoms with Crippen molar-refractivity contribution >= 4 is 22.6 Å². The lowest BCUT2D eigenvalue weighted by molar-refractivity contribution is 0.336. The second-order valence-electron chi connectivity index (χ2n) is 4.51. The lowest BCUT2D eigenvalue weighted by atomic mass is 9.87. The molecule has 1 unspecified atom stereocenters. The van der Waals surface area contributed by atoms with Crippen molar-refractivity contribution < 1.29 is 8.42 Å². The maximum atomic E-state index is 11.8. The molecule has 16 heavy (non-hydrogen) atoms. The number of rotatable bonds is 3. The van der Waals surface area contributed by atoms with E-state index >= 15 is 0 Å². The first-order chi connectivity index (χ1) is 7.08. The second-order valence-corrected chi connectivity index (χ2v) is 6.27. The van der Waals surface area contributed by atoms with Crippen LogP contribution >= 0.6 is 12.4 Å². The first-order valence-electron chi connectivity index (χ1n) is 5.53. The quantitative estimate of drug-likeness (QED) is 0.755. The van der Waals surface area contributed by atoms with Gasteiger partial charge in [-0.15, -0.1) is 12.4 Å². The van der Waals surface area contributed by atoms with Crippen LogP contribution in [0.15, 0.2) is 0 Å². The number of halogens is 1. The molecule has 5 nitrogen and oxygen atoms in total. The Kier molecular flexibility index (Phi) is 4.59. The van der Waals surface area contributed by atoms with Crippen LogP contribution in [0.25, 0.3) is 0 Å². The Hall–Kier alpha value is 0.120. The molecule has 0 aromatic carbocycles. The number of hydrogen-bond acceptors (Lipinski definition) is 3. The van der Waals surface area contributed by atoms with Crippen molar-refractivity contribution in [2.24, 2.45) is 5.41 Å². The monoisotopic (exact) mass is 269 g/mol. The SMILES string of the molecule is CCNS(=O)(=O)N1CCC2(CCNC2)C1.Cl. The van der Waals surface area contributed by atoms with Gasteiger partial charge in [-0.05, 0) is 24.8 Å². The Morgan fingerprint density at radius 3 is 2.75 bits per heavy atom. The van der Waals surface area contributed by atoms with Gasteiger partial charge in [0.1, 0.15) is 0 Å². The average molecular weight is 270 g/mol. The van der Waals surface area contributed by atoms with Gasteiger partial charge in [0.25, 0.3) is 10.2 Å². The van der Waals surface area contributed by atoms with E-state index in [1.165, 1.54) is 0 Å². The Morgan fingerprint density at radius 1 is 1.44 bits per heavy atom. The molecule has 2 aliphatic rings. The van der Waals surface area contributed by atoms with Gasteiger partial charge in [-0.1, -0.05) is 6.92 Å². The molecule has 0 aromatic rings. The van der Waals surface area contributed by atoms with E-state index in [0.717, 1.165) is 25.9 Å². The molecular weight excluding hydrogens is 250 g/mol. The maximum absolute atomic E-state index is 11.8. The van der Waals surface area contributed by atoms with Gasteiger partial charge in [0.05, 0.1) is 0 Å². The molecule has 1 spiro atoms. The van der Waals surface area contributed by atoms with E-state index in [4.69, 9.17) is 0 Å². The highest BCUT2D eigenvalue weighted by molar-refractivity contribution is 7.87. The second kappa shape index (κ2) is 5.18. The first-order valence-corrected chi connectivity index (χ1v) is 6.97. The molecule has 2 saturated heterocycles. The number of nitrogens with one attached hydrogen (secondary N) is 2. The van der Waals surface area contributed by atoms with Crippen LogP contribution in [-0.4, -0.2) is 45.4 Å². The zero-order valence-corrected chi connectivity index (χ0v) is 11.2. The minimum Gasteiger partial charge on any atom is -0.316 e. The topological polar surface area (TPSA) is 61.4 Å². The summed E-state index contributed by atoms with van der Waals surface area (Å²) in [4.78, 5) is 0. The molecule has 0 aliphatic carbocycles. The molecule has 0 amide bonds. The van der Waals surface area contributed by atoms with Crippen LogP contribution < -0.4 is 10.0 Å². The van der Waals surface area contributed by atoms with Crippen molar-refractivity contribution in [3.63, 3.8) is 0 Å². The van der Waals surface area contributed by atoms with E-state index in [1.807, 2.05) is 0 Å². The van der Waals surface area contributed by atoms with Crippen molar-refractivity contribution in [1.82, 2.24) is 14.3 Å². The van der Waals surface area contributed by atoms with Gasteiger partial charge >= 0.3 is 0 Å². The van der Waals surface area contributed by atoms with Gasteiger partial charge in [-0.3, -0.25) is 0 Å². The van der Waals surface area contributed by atoms with Crippen LogP contribution in [-0.2, 0) is 10.2 Å². The minimum atomic E-state index is -3.22. The Morgan fingerprint density at radius 2 is 2.19 bits per heavy atom. The molecule has 2 rings (SSSR count). The normalized spacial score (nSPS) is 30.8. The molecule has 0 saturated carbocycles. The van der Waals surface area contributed by atoms with Crippen LogP contribution in [0.3, 0.4) is 0 Å². The van der Waals surface area contributed by atoms with Crippen LogP contribution in [0.1, 0.15) is 19.8 Å². The lowest BCUT2D eigenvalue weighted by Gasteiger charge is -2.22. The van der Waals surface area contributed by atoms with Gasteiger partial charge in [-0.25, -0.2) is 4.72 Å². The van der Waals surface area contributed by atoms with E-state index in [2.05, 4.69) is 10.0 Å². The van der Waals surface area contributed by atoms with Crippen molar-refractivity contribution in [2.75, 3.05) is 32.7 Å². The Bertz CT molecular complexity index is 328. The van der Waals surface area contributed by atoms with E-state index in [9.17, 15) is 8.42 Å². The summed E-state index contributed by atoms with van der Waals surface area (Å²) < 4.78 is 27.7. The third kappa shape index (κ3) is 2.68. The van der Waals surface area contributed by atoms with Gasteiger partial charge in [0.15, 0.2) is 0 Å². The smallest absolute Gasteiger partial charge is 0.279 e. The van der Waals surface area contributed by atoms with Crippen molar-refractivity contribution in [3.8, 4) is 0 Å². The van der Waals surface area contributed by atoms with Gasteiger partial charge < -0.3 is 5.32 Å². The largest absolute Gasteiger partial charge is 0.316 e. The molecular formula is C9H20ClN3O2S. The summed E-state index contributed by atoms with van der Waals surface area (Å²) in [5.74, 6) is 0. The highest BCUT2D eigenvalue weighted by Gasteiger charge is 2.43. The van der Waals surface area contributed by atoms with Crippen LogP contribution in [0.4, 0.5) is 0 Å². The molecule has 0 bridgehead atoms. The number of nitrogens with zero attached hydrogens (tertiary/aromatic N) is 1. The van der Waals surface area contributed by atoms with Crippen LogP contribution in [0.5, 0.6) is 0 Å². The third-order valence-electron chi connectivity index (χ3n) is 3.40. The molecule has 2 aliphatic heterocycles. The predicted octanol–water partition coefficient (Wildman–Crippen LogP) is -0.0521. The zero-order valence-electron chi connectivity index (χ0n) is 9.53. The lowest BCUT2D eigenvalue weighted by Crippen LogP contribution is -2.40. The summed E-state index contributed by atoms with van der Waals surface area (Å²) in [5, 5.41) is 3.32. The molecule has 2 fully saturated rings. The molecule has 96 valence electrons. The summed E-state index contributed by atoms with van der Waals surface area (Å²) in [5.41, 5.74) is 0.211. The third-order valence-corrected chi connectivity index (χ3v) is 5.05. The fourth-order valence-electron chi connectivity index (χ4n) is 2.52. The zero-order chi connectivity index (χ0) is 10.9. The van der Waals surface area contributed by atoms with Crippen molar-refractivity contribution in [1.29, 1.82) is 0 Å². The highest BCUT2D eigenvalue weighted by Crippen LogP contribution is 2.36. The summed E-state index contributed by atoms with van der Waals surface area (Å²) in [6.07, 6.45) is 2.09. The van der Waals surface area contributed by atoms with Crippen molar-refractivity contribution in [3.05, 3.63) is 0 Å². The maximum Gasteiger partial charge on any atom is 0.279 e. The van der Waals surface area contributed by atoms with Crippen molar-refractivity contribution in [2.45, 2.75) is 19.8 Å². The van der Waals surface area contributed by atoms with E-state index < -0.39 is 10.2 Å². The molecule has 0 radical (unpaired) electrons. The fourth-order valence-corrected chi connectivity index (χ4v) is 3.84.